The number of anilines is 1. The molecule has 0 radical (unpaired) electrons. The topological polar surface area (TPSA) is 114 Å². The lowest BCUT2D eigenvalue weighted by Gasteiger charge is -2.35. The van der Waals surface area contributed by atoms with Crippen molar-refractivity contribution in [3.8, 4) is 0 Å². The molecule has 15 heteroatoms. The smallest absolute Gasteiger partial charge is 0.427 e. The predicted octanol–water partition coefficient (Wildman–Crippen LogP) is 4.76. The van der Waals surface area contributed by atoms with Crippen LogP contribution in [-0.4, -0.2) is 48.8 Å². The Morgan fingerprint density at radius 2 is 1.77 bits per heavy atom. The van der Waals surface area contributed by atoms with Gasteiger partial charge < -0.3 is 9.84 Å². The van der Waals surface area contributed by atoms with E-state index >= 15 is 0 Å². The number of sulfonamides is 1. The van der Waals surface area contributed by atoms with Crippen LogP contribution >= 0.6 is 0 Å². The van der Waals surface area contributed by atoms with E-state index in [0.29, 0.717) is 31.7 Å². The molecule has 1 aliphatic heterocycles. The van der Waals surface area contributed by atoms with Gasteiger partial charge in [0, 0.05) is 25.4 Å². The van der Waals surface area contributed by atoms with Crippen LogP contribution in [0.15, 0.2) is 41.6 Å². The average Bonchev–Trinajstić information content (AvgIpc) is 2.80. The van der Waals surface area contributed by atoms with Crippen LogP contribution in [0.2, 0.25) is 0 Å². The number of halogens is 6. The summed E-state index contributed by atoms with van der Waals surface area (Å²) in [4.78, 5) is 26.0. The number of aromatic nitrogens is 1. The molecule has 2 heterocycles. The number of carboxylic acid groups (broad SMARTS) is 1. The van der Waals surface area contributed by atoms with Crippen LogP contribution in [0.5, 0.6) is 0 Å². The Labute approximate surface area is 219 Å². The Morgan fingerprint density at radius 1 is 1.10 bits per heavy atom. The van der Waals surface area contributed by atoms with E-state index in [2.05, 4.69) is 9.72 Å². The molecule has 8 nitrogen and oxygen atoms in total. The van der Waals surface area contributed by atoms with E-state index in [1.165, 1.54) is 18.2 Å². The number of carbonyl (C=O) groups is 2. The summed E-state index contributed by atoms with van der Waals surface area (Å²) in [6.07, 6.45) is -9.14. The summed E-state index contributed by atoms with van der Waals surface area (Å²) in [5.41, 5.74) is -3.58. The molecule has 1 atom stereocenters. The fourth-order valence-corrected chi connectivity index (χ4v) is 5.53. The summed E-state index contributed by atoms with van der Waals surface area (Å²) < 4.78 is 111. The van der Waals surface area contributed by atoms with E-state index in [1.54, 1.807) is 0 Å². The molecule has 1 aromatic carbocycles. The fraction of sp³-hybridized carbons (Fsp3) is 0.458. The summed E-state index contributed by atoms with van der Waals surface area (Å²) in [6, 6.07) is 4.48. The first-order valence-corrected chi connectivity index (χ1v) is 12.9. The minimum atomic E-state index is -4.87. The van der Waals surface area contributed by atoms with Gasteiger partial charge in [-0.3, -0.25) is 18.9 Å². The van der Waals surface area contributed by atoms with E-state index in [1.807, 2.05) is 0 Å². The molecule has 2 aromatic rings. The van der Waals surface area contributed by atoms with Crippen molar-refractivity contribution in [1.82, 2.24) is 4.98 Å². The van der Waals surface area contributed by atoms with Crippen LogP contribution in [0.3, 0.4) is 0 Å². The molecule has 0 bridgehead atoms. The van der Waals surface area contributed by atoms with Gasteiger partial charge >= 0.3 is 24.3 Å². The SMILES string of the molecule is CC(C)(OC(=O)Cc1ccc2c(c1)N(S(=O)(=O)c1cncc(C(F)(F)F)c1)C[C@H](CCC(=O)O)C2)C(F)(F)F. The zero-order chi connectivity index (χ0) is 29.4. The summed E-state index contributed by atoms with van der Waals surface area (Å²) in [5.74, 6) is -2.86. The maximum Gasteiger partial charge on any atom is 0.427 e. The summed E-state index contributed by atoms with van der Waals surface area (Å²) in [5, 5.41) is 9.04. The van der Waals surface area contributed by atoms with Crippen LogP contribution < -0.4 is 4.31 Å². The molecule has 0 unspecified atom stereocenters. The van der Waals surface area contributed by atoms with Gasteiger partial charge in [-0.15, -0.1) is 0 Å². The van der Waals surface area contributed by atoms with Crippen molar-refractivity contribution in [1.29, 1.82) is 0 Å². The molecule has 0 saturated carbocycles. The minimum Gasteiger partial charge on any atom is -0.481 e. The first-order valence-electron chi connectivity index (χ1n) is 11.5. The Bertz CT molecular complexity index is 1360. The third-order valence-electron chi connectivity index (χ3n) is 6.15. The molecule has 214 valence electrons. The van der Waals surface area contributed by atoms with Crippen LogP contribution in [0.4, 0.5) is 32.0 Å². The second-order valence-corrected chi connectivity index (χ2v) is 11.4. The Balaban J connectivity index is 2.00. The zero-order valence-corrected chi connectivity index (χ0v) is 21.5. The van der Waals surface area contributed by atoms with E-state index in [9.17, 15) is 44.3 Å². The molecular formula is C24H24F6N2O6S. The molecule has 1 N–H and O–H groups in total. The number of rotatable bonds is 8. The fourth-order valence-electron chi connectivity index (χ4n) is 3.97. The number of esters is 1. The molecule has 1 aliphatic rings. The highest BCUT2D eigenvalue weighted by Crippen LogP contribution is 2.38. The molecule has 0 fully saturated rings. The van der Waals surface area contributed by atoms with Gasteiger partial charge in [-0.25, -0.2) is 8.42 Å². The standard InChI is InChI=1S/C24H24F6N2O6S/c1-22(2,24(28,29)30)38-21(35)9-14-3-5-16-7-15(4-6-20(33)34)13-32(19(16)8-14)39(36,37)18-10-17(11-31-12-18)23(25,26)27/h3,5,8,10-12,15H,4,6-7,9,13H2,1-2H3,(H,33,34)/t15-/m1/s1. The van der Waals surface area contributed by atoms with Gasteiger partial charge in [0.15, 0.2) is 0 Å². The van der Waals surface area contributed by atoms with Crippen molar-refractivity contribution in [3.05, 3.63) is 53.3 Å². The Kier molecular flexibility index (Phi) is 8.25. The van der Waals surface area contributed by atoms with Crippen molar-refractivity contribution < 1.29 is 54.2 Å². The summed E-state index contributed by atoms with van der Waals surface area (Å²) in [6.45, 7) is 1.06. The molecule has 0 saturated heterocycles. The third-order valence-corrected chi connectivity index (χ3v) is 7.89. The van der Waals surface area contributed by atoms with Crippen LogP contribution in [0.1, 0.15) is 43.4 Å². The van der Waals surface area contributed by atoms with E-state index in [4.69, 9.17) is 5.11 Å². The maximum atomic E-state index is 13.5. The van der Waals surface area contributed by atoms with Crippen molar-refractivity contribution in [2.45, 2.75) is 62.4 Å². The van der Waals surface area contributed by atoms with Crippen molar-refractivity contribution in [3.63, 3.8) is 0 Å². The highest BCUT2D eigenvalue weighted by atomic mass is 32.2. The predicted molar refractivity (Wildman–Crippen MR) is 124 cm³/mol. The second kappa shape index (κ2) is 10.7. The van der Waals surface area contributed by atoms with Gasteiger partial charge in [-0.1, -0.05) is 12.1 Å². The molecule has 0 amide bonds. The van der Waals surface area contributed by atoms with Crippen molar-refractivity contribution in [2.75, 3.05) is 10.8 Å². The number of carboxylic acids is 1. The molecule has 39 heavy (non-hydrogen) atoms. The van der Waals surface area contributed by atoms with Crippen molar-refractivity contribution in [2.24, 2.45) is 5.92 Å². The van der Waals surface area contributed by atoms with Crippen LogP contribution in [0, 0.1) is 5.92 Å². The van der Waals surface area contributed by atoms with Crippen molar-refractivity contribution >= 4 is 27.6 Å². The normalized spacial score (nSPS) is 16.5. The molecule has 3 rings (SSSR count). The van der Waals surface area contributed by atoms with Gasteiger partial charge in [-0.05, 0) is 55.9 Å². The first-order chi connectivity index (χ1) is 17.8. The number of aliphatic carboxylic acids is 1. The van der Waals surface area contributed by atoms with Gasteiger partial charge in [0.2, 0.25) is 5.60 Å². The Morgan fingerprint density at radius 3 is 2.36 bits per heavy atom. The number of fused-ring (bicyclic) bond motifs is 1. The minimum absolute atomic E-state index is 0.000585. The Hall–Kier alpha value is -3.36. The van der Waals surface area contributed by atoms with Gasteiger partial charge in [0.25, 0.3) is 10.0 Å². The lowest BCUT2D eigenvalue weighted by molar-refractivity contribution is -0.257. The molecule has 0 spiro atoms. The maximum absolute atomic E-state index is 13.5. The highest BCUT2D eigenvalue weighted by molar-refractivity contribution is 7.92. The van der Waals surface area contributed by atoms with Gasteiger partial charge in [0.05, 0.1) is 17.7 Å². The highest BCUT2D eigenvalue weighted by Gasteiger charge is 2.50. The monoisotopic (exact) mass is 582 g/mol. The number of hydrogen-bond acceptors (Lipinski definition) is 6. The number of nitrogens with zero attached hydrogens (tertiary/aromatic N) is 2. The first kappa shape index (κ1) is 30.2. The molecule has 0 aliphatic carbocycles. The number of ether oxygens (including phenoxy) is 1. The van der Waals surface area contributed by atoms with Gasteiger partial charge in [0.1, 0.15) is 4.90 Å². The lowest BCUT2D eigenvalue weighted by atomic mass is 9.89. The third kappa shape index (κ3) is 6.99. The molecular weight excluding hydrogens is 558 g/mol. The molecule has 1 aromatic heterocycles. The number of pyridine rings is 1. The number of alkyl halides is 6. The van der Waals surface area contributed by atoms with E-state index < -0.39 is 62.7 Å². The quantitative estimate of drug-likeness (QED) is 0.353. The number of carbonyl (C=O) groups excluding carboxylic acids is 1. The number of hydrogen-bond donors (Lipinski definition) is 1. The van der Waals surface area contributed by atoms with E-state index in [0.717, 1.165) is 10.5 Å². The summed E-state index contributed by atoms with van der Waals surface area (Å²) >= 11 is 0. The summed E-state index contributed by atoms with van der Waals surface area (Å²) in [7, 11) is -4.66. The average molecular weight is 583 g/mol. The largest absolute Gasteiger partial charge is 0.481 e. The second-order valence-electron chi connectivity index (χ2n) is 9.57. The van der Waals surface area contributed by atoms with Gasteiger partial charge in [-0.2, -0.15) is 26.3 Å². The lowest BCUT2D eigenvalue weighted by Crippen LogP contribution is -2.43. The van der Waals surface area contributed by atoms with E-state index in [-0.39, 0.29) is 37.1 Å². The van der Waals surface area contributed by atoms with Crippen LogP contribution in [0.25, 0.3) is 0 Å². The zero-order valence-electron chi connectivity index (χ0n) is 20.6. The van der Waals surface area contributed by atoms with Crippen LogP contribution in [-0.2, 0) is 43.4 Å². The number of benzene rings is 1.